The fourth-order valence-electron chi connectivity index (χ4n) is 2.80. The van der Waals surface area contributed by atoms with E-state index in [-0.39, 0.29) is 5.97 Å². The summed E-state index contributed by atoms with van der Waals surface area (Å²) in [7, 11) is 7.65. The van der Waals surface area contributed by atoms with Gasteiger partial charge in [-0.15, -0.1) is 0 Å². The van der Waals surface area contributed by atoms with Gasteiger partial charge in [-0.25, -0.2) is 0 Å². The molecule has 1 atom stereocenters. The first-order chi connectivity index (χ1) is 12.6. The lowest BCUT2D eigenvalue weighted by atomic mass is 9.91. The van der Waals surface area contributed by atoms with Gasteiger partial charge >= 0.3 is 5.97 Å². The van der Waals surface area contributed by atoms with Gasteiger partial charge in [0.15, 0.2) is 11.5 Å². The normalized spacial score (nSPS) is 11.4. The molecule has 0 aliphatic carbocycles. The Labute approximate surface area is 153 Å². The second-order valence-corrected chi connectivity index (χ2v) is 5.59. The second-order valence-electron chi connectivity index (χ2n) is 5.59. The third-order valence-corrected chi connectivity index (χ3v) is 4.17. The summed E-state index contributed by atoms with van der Waals surface area (Å²) in [5.74, 6) is 1.54. The molecule has 0 saturated heterocycles. The molecule has 0 spiro atoms. The average molecular weight is 360 g/mol. The first-order valence-corrected chi connectivity index (χ1v) is 8.08. The molecule has 0 aliphatic heterocycles. The van der Waals surface area contributed by atoms with Crippen LogP contribution in [0.1, 0.15) is 17.0 Å². The van der Waals surface area contributed by atoms with Gasteiger partial charge in [0, 0.05) is 0 Å². The predicted molar refractivity (Wildman–Crippen MR) is 97.6 cm³/mol. The lowest BCUT2D eigenvalue weighted by molar-refractivity contribution is -0.142. The maximum absolute atomic E-state index is 12.4. The van der Waals surface area contributed by atoms with E-state index in [9.17, 15) is 4.79 Å². The molecule has 0 aromatic heterocycles. The van der Waals surface area contributed by atoms with E-state index < -0.39 is 5.92 Å². The van der Waals surface area contributed by atoms with Gasteiger partial charge in [-0.1, -0.05) is 12.1 Å². The van der Waals surface area contributed by atoms with Crippen molar-refractivity contribution in [1.82, 2.24) is 0 Å². The molecular formula is C20H24O6. The topological polar surface area (TPSA) is 63.2 Å². The molecule has 2 rings (SSSR count). The molecule has 0 saturated carbocycles. The van der Waals surface area contributed by atoms with Gasteiger partial charge < -0.3 is 23.7 Å². The summed E-state index contributed by atoms with van der Waals surface area (Å²) in [6.07, 6.45) is 0.426. The van der Waals surface area contributed by atoms with Crippen LogP contribution in [0.3, 0.4) is 0 Å². The zero-order valence-corrected chi connectivity index (χ0v) is 15.7. The number of carbonyl (C=O) groups is 1. The van der Waals surface area contributed by atoms with E-state index in [1.165, 1.54) is 7.11 Å². The van der Waals surface area contributed by atoms with Crippen molar-refractivity contribution < 1.29 is 28.5 Å². The van der Waals surface area contributed by atoms with Crippen molar-refractivity contribution in [3.05, 3.63) is 47.5 Å². The second kappa shape index (κ2) is 8.99. The van der Waals surface area contributed by atoms with Crippen LogP contribution in [0.25, 0.3) is 0 Å². The van der Waals surface area contributed by atoms with Gasteiger partial charge in [0.25, 0.3) is 0 Å². The summed E-state index contributed by atoms with van der Waals surface area (Å²) >= 11 is 0. The number of carbonyl (C=O) groups excluding carboxylic acids is 1. The Bertz CT molecular complexity index is 713. The number of hydrogen-bond acceptors (Lipinski definition) is 6. The third-order valence-electron chi connectivity index (χ3n) is 4.17. The number of hydrogen-bond donors (Lipinski definition) is 0. The van der Waals surface area contributed by atoms with Crippen LogP contribution in [-0.4, -0.2) is 41.5 Å². The van der Waals surface area contributed by atoms with Crippen molar-refractivity contribution in [2.45, 2.75) is 12.3 Å². The Morgan fingerprint density at radius 1 is 0.846 bits per heavy atom. The van der Waals surface area contributed by atoms with E-state index in [4.69, 9.17) is 23.7 Å². The van der Waals surface area contributed by atoms with Gasteiger partial charge in [-0.3, -0.25) is 4.79 Å². The van der Waals surface area contributed by atoms with Gasteiger partial charge in [0.1, 0.15) is 5.75 Å². The monoisotopic (exact) mass is 360 g/mol. The molecule has 0 heterocycles. The number of benzene rings is 2. The summed E-state index contributed by atoms with van der Waals surface area (Å²) in [5, 5.41) is 0. The van der Waals surface area contributed by atoms with Crippen LogP contribution in [0.15, 0.2) is 36.4 Å². The Kier molecular flexibility index (Phi) is 6.72. The molecule has 1 unspecified atom stereocenters. The van der Waals surface area contributed by atoms with Crippen LogP contribution in [0.5, 0.6) is 23.0 Å². The lowest BCUT2D eigenvalue weighted by Crippen LogP contribution is -2.17. The quantitative estimate of drug-likeness (QED) is 0.674. The Morgan fingerprint density at radius 3 is 1.85 bits per heavy atom. The molecule has 26 heavy (non-hydrogen) atoms. The van der Waals surface area contributed by atoms with Crippen molar-refractivity contribution in [3.8, 4) is 23.0 Å². The molecule has 140 valence electrons. The summed E-state index contributed by atoms with van der Waals surface area (Å²) in [6.45, 7) is 0. The van der Waals surface area contributed by atoms with E-state index >= 15 is 0 Å². The average Bonchev–Trinajstić information content (AvgIpc) is 2.70. The molecule has 6 nitrogen and oxygen atoms in total. The Hall–Kier alpha value is -2.89. The number of rotatable bonds is 8. The predicted octanol–water partition coefficient (Wildman–Crippen LogP) is 3.22. The fraction of sp³-hybridized carbons (Fsp3) is 0.350. The number of methoxy groups -OCH3 is 5. The first-order valence-electron chi connectivity index (χ1n) is 8.08. The van der Waals surface area contributed by atoms with E-state index in [0.717, 1.165) is 16.9 Å². The molecule has 2 aromatic carbocycles. The van der Waals surface area contributed by atoms with Crippen molar-refractivity contribution in [2.75, 3.05) is 35.5 Å². The SMILES string of the molecule is COC(=O)C(Cc1cc(OC)c(OC)c(OC)c1)c1ccc(OC)cc1. The summed E-state index contributed by atoms with van der Waals surface area (Å²) in [4.78, 5) is 12.4. The fourth-order valence-corrected chi connectivity index (χ4v) is 2.80. The summed E-state index contributed by atoms with van der Waals surface area (Å²) in [6, 6.07) is 11.0. The van der Waals surface area contributed by atoms with Crippen LogP contribution in [-0.2, 0) is 16.0 Å². The molecule has 0 fully saturated rings. The minimum absolute atomic E-state index is 0.316. The maximum atomic E-state index is 12.4. The minimum Gasteiger partial charge on any atom is -0.497 e. The smallest absolute Gasteiger partial charge is 0.313 e. The summed E-state index contributed by atoms with van der Waals surface area (Å²) in [5.41, 5.74) is 1.71. The Morgan fingerprint density at radius 2 is 1.42 bits per heavy atom. The first kappa shape index (κ1) is 19.4. The van der Waals surface area contributed by atoms with E-state index in [1.54, 1.807) is 28.4 Å². The van der Waals surface area contributed by atoms with Crippen molar-refractivity contribution in [3.63, 3.8) is 0 Å². The number of ether oxygens (including phenoxy) is 5. The van der Waals surface area contributed by atoms with Gasteiger partial charge in [0.05, 0.1) is 41.5 Å². The zero-order chi connectivity index (χ0) is 19.1. The highest BCUT2D eigenvalue weighted by Crippen LogP contribution is 2.39. The van der Waals surface area contributed by atoms with Crippen LogP contribution in [0.2, 0.25) is 0 Å². The van der Waals surface area contributed by atoms with E-state index in [0.29, 0.717) is 23.7 Å². The van der Waals surface area contributed by atoms with Crippen LogP contribution < -0.4 is 18.9 Å². The third kappa shape index (κ3) is 4.20. The van der Waals surface area contributed by atoms with Gasteiger partial charge in [0.2, 0.25) is 5.75 Å². The van der Waals surface area contributed by atoms with Crippen LogP contribution in [0, 0.1) is 0 Å². The highest BCUT2D eigenvalue weighted by molar-refractivity contribution is 5.78. The van der Waals surface area contributed by atoms with Gasteiger partial charge in [-0.2, -0.15) is 0 Å². The Balaban J connectivity index is 2.40. The molecule has 0 amide bonds. The molecule has 0 bridgehead atoms. The minimum atomic E-state index is -0.464. The molecule has 0 N–H and O–H groups in total. The molecule has 2 aromatic rings. The van der Waals surface area contributed by atoms with Crippen molar-refractivity contribution >= 4 is 5.97 Å². The largest absolute Gasteiger partial charge is 0.497 e. The van der Waals surface area contributed by atoms with Crippen LogP contribution in [0.4, 0.5) is 0 Å². The van der Waals surface area contributed by atoms with E-state index in [1.807, 2.05) is 36.4 Å². The maximum Gasteiger partial charge on any atom is 0.313 e. The van der Waals surface area contributed by atoms with E-state index in [2.05, 4.69) is 0 Å². The highest BCUT2D eigenvalue weighted by atomic mass is 16.5. The van der Waals surface area contributed by atoms with Crippen LogP contribution >= 0.6 is 0 Å². The highest BCUT2D eigenvalue weighted by Gasteiger charge is 2.24. The molecule has 0 aliphatic rings. The number of esters is 1. The molecule has 0 radical (unpaired) electrons. The molecule has 6 heteroatoms. The summed E-state index contributed by atoms with van der Waals surface area (Å²) < 4.78 is 26.3. The zero-order valence-electron chi connectivity index (χ0n) is 15.7. The molecular weight excluding hydrogens is 336 g/mol. The lowest BCUT2D eigenvalue weighted by Gasteiger charge is -2.18. The van der Waals surface area contributed by atoms with Crippen molar-refractivity contribution in [2.24, 2.45) is 0 Å². The van der Waals surface area contributed by atoms with Crippen molar-refractivity contribution in [1.29, 1.82) is 0 Å². The standard InChI is InChI=1S/C20H24O6/c1-22-15-8-6-14(7-9-15)16(20(21)26-5)10-13-11-17(23-2)19(25-4)18(12-13)24-3/h6-9,11-12,16H,10H2,1-5H3. The van der Waals surface area contributed by atoms with Gasteiger partial charge in [-0.05, 0) is 41.8 Å².